The predicted octanol–water partition coefficient (Wildman–Crippen LogP) is 7.88. The number of aliphatic hydroxyl groups excluding tert-OH is 1. The molecular weight excluding hydrogens is 952 g/mol. The summed E-state index contributed by atoms with van der Waals surface area (Å²) in [6.07, 6.45) is 1.67. The van der Waals surface area contributed by atoms with E-state index in [1.165, 1.54) is 6.33 Å². The Kier molecular flexibility index (Phi) is 14.2. The van der Waals surface area contributed by atoms with Crippen molar-refractivity contribution >= 4 is 83.2 Å². The number of nitrogen functional groups attached to an aromatic ring is 2. The molecule has 4 aromatic heterocycles. The van der Waals surface area contributed by atoms with Gasteiger partial charge in [0.2, 0.25) is 11.9 Å². The second-order valence-electron chi connectivity index (χ2n) is 23.5. The molecule has 4 aliphatic heterocycles. The summed E-state index contributed by atoms with van der Waals surface area (Å²) in [6, 6.07) is 0. The van der Waals surface area contributed by atoms with E-state index in [4.69, 9.17) is 35.0 Å². The van der Waals surface area contributed by atoms with Gasteiger partial charge < -0.3 is 38.7 Å². The van der Waals surface area contributed by atoms with Crippen LogP contribution in [-0.2, 0) is 22.1 Å². The second-order valence-corrected chi connectivity index (χ2v) is 40.5. The highest BCUT2D eigenvalue weighted by atomic mass is 32.2. The van der Waals surface area contributed by atoms with Crippen molar-refractivity contribution in [1.29, 1.82) is 0 Å². The monoisotopic (exact) mass is 1030 g/mol. The smallest absolute Gasteiger partial charge is 0.349 e. The lowest BCUT2D eigenvalue weighted by Crippen LogP contribution is -2.65. The zero-order chi connectivity index (χ0) is 51.1. The van der Waals surface area contributed by atoms with Gasteiger partial charge in [-0.25, -0.2) is 9.97 Å². The van der Waals surface area contributed by atoms with Gasteiger partial charge in [-0.15, -0.1) is 23.5 Å². The van der Waals surface area contributed by atoms with Gasteiger partial charge in [-0.2, -0.15) is 9.97 Å². The van der Waals surface area contributed by atoms with E-state index in [1.54, 1.807) is 34.4 Å². The number of nitrogens with two attached hydrogens (primary N) is 2. The molecule has 67 heavy (non-hydrogen) atoms. The number of aromatic amines is 2. The van der Waals surface area contributed by atoms with Gasteiger partial charge in [0.1, 0.15) is 23.0 Å². The second kappa shape index (κ2) is 18.2. The van der Waals surface area contributed by atoms with Crippen LogP contribution in [0.5, 0.6) is 0 Å². The van der Waals surface area contributed by atoms with Crippen LogP contribution in [0.2, 0.25) is 38.3 Å². The average Bonchev–Trinajstić information content (AvgIpc) is 3.96. The van der Waals surface area contributed by atoms with Crippen LogP contribution in [0.25, 0.3) is 22.3 Å². The molecule has 18 nitrogen and oxygen atoms in total. The Morgan fingerprint density at radius 1 is 0.746 bits per heavy atom. The first kappa shape index (κ1) is 52.2. The number of fused-ring (bicyclic) bond motifs is 4. The third-order valence-corrected chi connectivity index (χ3v) is 31.5. The van der Waals surface area contributed by atoms with Crippen molar-refractivity contribution < 1.29 is 33.0 Å². The number of H-pyrrole nitrogens is 2. The van der Waals surface area contributed by atoms with Gasteiger partial charge in [-0.05, 0) is 18.1 Å². The number of imidazole rings is 2. The highest BCUT2D eigenvalue weighted by Gasteiger charge is 2.67. The van der Waals surface area contributed by atoms with Crippen LogP contribution in [0.3, 0.4) is 0 Å². The molecular formula is C43H75FN10O8S2Si3. The highest BCUT2D eigenvalue weighted by molar-refractivity contribution is 8.00. The molecule has 0 unspecified atom stereocenters. The Hall–Kier alpha value is -2.66. The van der Waals surface area contributed by atoms with Gasteiger partial charge in [0.25, 0.3) is 11.1 Å². The van der Waals surface area contributed by atoms with Gasteiger partial charge in [0.15, 0.2) is 30.6 Å². The van der Waals surface area contributed by atoms with Crippen LogP contribution >= 0.6 is 23.5 Å². The lowest BCUT2D eigenvalue weighted by Gasteiger charge is -2.54. The van der Waals surface area contributed by atoms with Crippen LogP contribution in [-0.4, -0.2) is 125 Å². The van der Waals surface area contributed by atoms with Crippen LogP contribution < -0.4 is 22.6 Å². The van der Waals surface area contributed by atoms with E-state index in [0.29, 0.717) is 24.5 Å². The number of hydrogen-bond donors (Lipinski definition) is 5. The first-order chi connectivity index (χ1) is 31.1. The molecule has 24 heteroatoms. The lowest BCUT2D eigenvalue weighted by molar-refractivity contribution is -0.0376. The lowest BCUT2D eigenvalue weighted by atomic mass is 10.1. The molecule has 0 bridgehead atoms. The van der Waals surface area contributed by atoms with Crippen molar-refractivity contribution in [3.63, 3.8) is 0 Å². The fourth-order valence-corrected chi connectivity index (χ4v) is 24.8. The van der Waals surface area contributed by atoms with E-state index in [-0.39, 0.29) is 87.9 Å². The molecule has 0 aromatic carbocycles. The Balaban J connectivity index is 0.000000216. The molecule has 4 fully saturated rings. The third-order valence-electron chi connectivity index (χ3n) is 13.7. The minimum atomic E-state index is -2.71. The van der Waals surface area contributed by atoms with Crippen molar-refractivity contribution in [3.8, 4) is 0 Å². The van der Waals surface area contributed by atoms with Crippen molar-refractivity contribution in [3.05, 3.63) is 33.4 Å². The zero-order valence-corrected chi connectivity index (χ0v) is 46.9. The Morgan fingerprint density at radius 2 is 1.12 bits per heavy atom. The molecule has 8 atom stereocenters. The molecule has 4 aliphatic rings. The zero-order valence-electron chi connectivity index (χ0n) is 43.2. The van der Waals surface area contributed by atoms with Gasteiger partial charge in [-0.3, -0.25) is 33.1 Å². The molecule has 8 rings (SSSR count). The molecule has 0 radical (unpaired) electrons. The summed E-state index contributed by atoms with van der Waals surface area (Å²) in [5.74, 6) is 0.0913. The highest BCUT2D eigenvalue weighted by Crippen LogP contribution is 2.60. The summed E-state index contributed by atoms with van der Waals surface area (Å²) >= 11 is 3.32. The van der Waals surface area contributed by atoms with Crippen molar-refractivity contribution in [2.24, 2.45) is 0 Å². The molecule has 376 valence electrons. The van der Waals surface area contributed by atoms with Crippen molar-refractivity contribution in [2.45, 2.75) is 188 Å². The maximum atomic E-state index is 12.5. The molecule has 4 saturated heterocycles. The average molecular weight is 1030 g/mol. The fourth-order valence-electron chi connectivity index (χ4n) is 10.0. The van der Waals surface area contributed by atoms with Crippen LogP contribution in [0, 0.1) is 0 Å². The molecule has 0 spiro atoms. The maximum absolute atomic E-state index is 12.5. The van der Waals surface area contributed by atoms with Crippen LogP contribution in [0.4, 0.5) is 16.3 Å². The van der Waals surface area contributed by atoms with Gasteiger partial charge in [-0.1, -0.05) is 104 Å². The number of aliphatic hydroxyl groups is 1. The van der Waals surface area contributed by atoms with E-state index in [2.05, 4.69) is 147 Å². The molecule has 8 heterocycles. The predicted molar refractivity (Wildman–Crippen MR) is 273 cm³/mol. The third kappa shape index (κ3) is 9.39. The minimum Gasteiger partial charge on any atom is -0.408 e. The number of halogens is 1. The number of thioether (sulfide) groups is 2. The summed E-state index contributed by atoms with van der Waals surface area (Å²) in [7, 11) is -8.60. The number of nitrogens with one attached hydrogen (secondary N) is 2. The summed E-state index contributed by atoms with van der Waals surface area (Å²) in [5.41, 5.74) is 12.2. The summed E-state index contributed by atoms with van der Waals surface area (Å²) in [4.78, 5) is 46.9. The normalized spacial score (nSPS) is 28.0. The largest absolute Gasteiger partial charge is 0.408 e. The first-order valence-electron chi connectivity index (χ1n) is 23.4. The van der Waals surface area contributed by atoms with E-state index in [9.17, 15) is 19.1 Å². The van der Waals surface area contributed by atoms with E-state index in [0.717, 1.165) is 0 Å². The summed E-state index contributed by atoms with van der Waals surface area (Å²) in [5, 5.41) is 10.2. The molecule has 0 aliphatic carbocycles. The molecule has 0 amide bonds. The molecule has 4 aromatic rings. The number of aromatic nitrogens is 8. The first-order valence-corrected chi connectivity index (χ1v) is 31.1. The molecule has 7 N–H and O–H groups in total. The number of hydrogen-bond acceptors (Lipinski definition) is 16. The van der Waals surface area contributed by atoms with Crippen molar-refractivity contribution in [2.75, 3.05) is 31.8 Å². The topological polar surface area (TPSA) is 246 Å². The Bertz CT molecular complexity index is 2540. The van der Waals surface area contributed by atoms with Gasteiger partial charge >= 0.3 is 17.1 Å². The van der Waals surface area contributed by atoms with E-state index >= 15 is 0 Å². The number of alkyl halides is 1. The van der Waals surface area contributed by atoms with Crippen LogP contribution in [0.1, 0.15) is 116 Å². The maximum Gasteiger partial charge on any atom is 0.349 e. The number of rotatable bonds is 4. The van der Waals surface area contributed by atoms with Crippen molar-refractivity contribution in [1.82, 2.24) is 39.0 Å². The standard InChI is InChI=1S/C24H43N5O4SSi2.C18H29N5O4SSi.CH3F/c1-22(2,3)35(10,11)32-17-16-14(12-31-36(33-16,23(4,5)6)24(7,8)9)34-20(17)29-13-26-15-18(29)27-21(25)28-19(15)30;1-17(2,3)29(18(4,5)6)26-7-9-12(27-29)11(24)15(28-9)23-8-20-10-13(23)21-16(19)22-14(10)25;1-2/h13-14,16-17,20H,12H2,1-11H3,(H3,25,27,28,30);8-9,11-12,15,24H,7H2,1-6H3,(H3,19,21,22,25);1H3/t14-,16-,17-,20-;9-,11-,12-,15-;/m11./s1/i;;1D. The Labute approximate surface area is 406 Å². The fraction of sp³-hybridized carbons (Fsp3) is 0.767. The minimum absolute atomic E-state index is 0.0166. The quantitative estimate of drug-likeness (QED) is 0.122. The summed E-state index contributed by atoms with van der Waals surface area (Å²) in [6.45, 7) is 38.7. The van der Waals surface area contributed by atoms with Gasteiger partial charge in [0, 0.05) is 20.2 Å². The number of anilines is 2. The van der Waals surface area contributed by atoms with E-state index < -0.39 is 49.6 Å². The van der Waals surface area contributed by atoms with Gasteiger partial charge in [0.05, 0.1) is 57.1 Å². The molecule has 0 saturated carbocycles. The van der Waals surface area contributed by atoms with E-state index in [1.807, 2.05) is 4.57 Å². The van der Waals surface area contributed by atoms with Crippen LogP contribution in [0.15, 0.2) is 22.2 Å². The number of nitrogens with zero attached hydrogens (tertiary/aromatic N) is 6. The Morgan fingerprint density at radius 3 is 1.52 bits per heavy atom. The summed E-state index contributed by atoms with van der Waals surface area (Å²) < 4.78 is 53.6. The SMILES string of the molecule is CC(C)(C)[Si](C)(C)O[C@@H]1[C@@H]2O[Si](C(C)(C)C)(C(C)(C)C)OC[C@H]2S[C@H]1n1cnc2c(=O)[nH]c(N)nc21.CC(C)(C)[Si]1(C(C)(C)C)OC[C@H]2S[C@@H](n3cnc4c(=O)[nH]c(N)nc43)[C@H](O)[C@@H]2O1.[2H]CF.